The second-order valence-corrected chi connectivity index (χ2v) is 7.13. The zero-order chi connectivity index (χ0) is 13.9. The van der Waals surface area contributed by atoms with E-state index < -0.39 is 10.0 Å². The highest BCUT2D eigenvalue weighted by atomic mass is 32.2. The lowest BCUT2D eigenvalue weighted by atomic mass is 10.3. The summed E-state index contributed by atoms with van der Waals surface area (Å²) in [6.07, 6.45) is 1.48. The van der Waals surface area contributed by atoms with Gasteiger partial charge in [-0.25, -0.2) is 18.1 Å². The van der Waals surface area contributed by atoms with Gasteiger partial charge in [0.05, 0.1) is 0 Å². The molecule has 0 radical (unpaired) electrons. The Balaban J connectivity index is 2.09. The van der Waals surface area contributed by atoms with E-state index in [2.05, 4.69) is 9.71 Å². The molecule has 0 amide bonds. The maximum Gasteiger partial charge on any atom is 0.258 e. The zero-order valence-electron chi connectivity index (χ0n) is 10.5. The normalized spacial score (nSPS) is 11.7. The van der Waals surface area contributed by atoms with Gasteiger partial charge in [0.25, 0.3) is 10.0 Å². The van der Waals surface area contributed by atoms with Crippen molar-refractivity contribution >= 4 is 21.4 Å². The fourth-order valence-corrected chi connectivity index (χ4v) is 3.36. The maximum atomic E-state index is 12.0. The predicted molar refractivity (Wildman–Crippen MR) is 75.2 cm³/mol. The second kappa shape index (κ2) is 5.79. The fraction of sp³-hybridized carbons (Fsp3) is 0.250. The van der Waals surface area contributed by atoms with Gasteiger partial charge < -0.3 is 5.73 Å². The van der Waals surface area contributed by atoms with Crippen molar-refractivity contribution in [2.24, 2.45) is 5.73 Å². The van der Waals surface area contributed by atoms with Gasteiger partial charge in [-0.1, -0.05) is 6.07 Å². The fourth-order valence-electron chi connectivity index (χ4n) is 1.51. The summed E-state index contributed by atoms with van der Waals surface area (Å²) < 4.78 is 26.6. The molecule has 2 aromatic heterocycles. The Morgan fingerprint density at radius 3 is 2.63 bits per heavy atom. The molecule has 0 unspecified atom stereocenters. The molecule has 7 heteroatoms. The molecule has 0 aliphatic carbocycles. The summed E-state index contributed by atoms with van der Waals surface area (Å²) in [5.74, 6) is 0. The largest absolute Gasteiger partial charge is 0.326 e. The first-order valence-electron chi connectivity index (χ1n) is 5.71. The van der Waals surface area contributed by atoms with Crippen LogP contribution in [0.2, 0.25) is 0 Å². The highest BCUT2D eigenvalue weighted by Gasteiger charge is 2.15. The van der Waals surface area contributed by atoms with Crippen molar-refractivity contribution in [3.63, 3.8) is 0 Å². The highest BCUT2D eigenvalue weighted by Crippen LogP contribution is 2.15. The summed E-state index contributed by atoms with van der Waals surface area (Å²) in [5.41, 5.74) is 6.24. The first-order chi connectivity index (χ1) is 9.01. The maximum absolute atomic E-state index is 12.0. The monoisotopic (exact) mass is 297 g/mol. The van der Waals surface area contributed by atoms with E-state index in [1.165, 1.54) is 12.3 Å². The van der Waals surface area contributed by atoms with Gasteiger partial charge in [-0.15, -0.1) is 11.3 Å². The molecule has 0 aromatic carbocycles. The molecule has 2 aromatic rings. The van der Waals surface area contributed by atoms with Crippen molar-refractivity contribution in [2.75, 3.05) is 0 Å². The van der Waals surface area contributed by atoms with Gasteiger partial charge in [0, 0.05) is 29.0 Å². The summed E-state index contributed by atoms with van der Waals surface area (Å²) >= 11 is 1.57. The van der Waals surface area contributed by atoms with E-state index in [0.29, 0.717) is 6.54 Å². The molecule has 0 aliphatic heterocycles. The van der Waals surface area contributed by atoms with E-state index in [9.17, 15) is 8.42 Å². The molecule has 5 nitrogen and oxygen atoms in total. The lowest BCUT2D eigenvalue weighted by molar-refractivity contribution is 0.578. The number of rotatable bonds is 5. The summed E-state index contributed by atoms with van der Waals surface area (Å²) in [5, 5.41) is 0.0120. The van der Waals surface area contributed by atoms with Gasteiger partial charge in [-0.3, -0.25) is 0 Å². The minimum absolute atomic E-state index is 0.0120. The standard InChI is InChI=1S/C12H15N3O2S2/c1-9-2-4-11(18-9)8-15-19(16,17)12-5-3-10(6-13)7-14-12/h2-5,7,15H,6,8,13H2,1H3. The molecule has 0 atom stereocenters. The molecular weight excluding hydrogens is 282 g/mol. The van der Waals surface area contributed by atoms with Gasteiger partial charge >= 0.3 is 0 Å². The average molecular weight is 297 g/mol. The second-order valence-electron chi connectivity index (χ2n) is 4.05. The van der Waals surface area contributed by atoms with Crippen molar-refractivity contribution in [3.05, 3.63) is 45.8 Å². The molecule has 0 saturated heterocycles. The Labute approximate surface area is 116 Å². The van der Waals surface area contributed by atoms with E-state index in [1.54, 1.807) is 17.4 Å². The Bertz CT molecular complexity index is 648. The van der Waals surface area contributed by atoms with Gasteiger partial charge in [0.15, 0.2) is 5.03 Å². The number of nitrogens with zero attached hydrogens (tertiary/aromatic N) is 1. The molecule has 0 fully saturated rings. The predicted octanol–water partition coefficient (Wildman–Crippen LogP) is 1.39. The summed E-state index contributed by atoms with van der Waals surface area (Å²) in [7, 11) is -3.57. The van der Waals surface area contributed by atoms with Crippen LogP contribution in [0.5, 0.6) is 0 Å². The molecule has 102 valence electrons. The third kappa shape index (κ3) is 3.60. The topological polar surface area (TPSA) is 85.1 Å². The van der Waals surface area contributed by atoms with Gasteiger partial charge in [0.2, 0.25) is 0 Å². The Kier molecular flexibility index (Phi) is 4.31. The minimum Gasteiger partial charge on any atom is -0.326 e. The van der Waals surface area contributed by atoms with Crippen molar-refractivity contribution in [1.29, 1.82) is 0 Å². The number of pyridine rings is 1. The van der Waals surface area contributed by atoms with Crippen LogP contribution in [0.3, 0.4) is 0 Å². The SMILES string of the molecule is Cc1ccc(CNS(=O)(=O)c2ccc(CN)cn2)s1. The van der Waals surface area contributed by atoms with E-state index in [1.807, 2.05) is 19.1 Å². The van der Waals surface area contributed by atoms with Crippen LogP contribution in [0.1, 0.15) is 15.3 Å². The molecule has 0 bridgehead atoms. The molecule has 0 saturated carbocycles. The Morgan fingerprint density at radius 2 is 2.11 bits per heavy atom. The van der Waals surface area contributed by atoms with Gasteiger partial charge in [-0.05, 0) is 30.7 Å². The van der Waals surface area contributed by atoms with E-state index in [-0.39, 0.29) is 11.6 Å². The number of nitrogens with two attached hydrogens (primary N) is 1. The van der Waals surface area contributed by atoms with E-state index in [4.69, 9.17) is 5.73 Å². The lowest BCUT2D eigenvalue weighted by Crippen LogP contribution is -2.23. The van der Waals surface area contributed by atoms with Gasteiger partial charge in [0.1, 0.15) is 0 Å². The van der Waals surface area contributed by atoms with Crippen LogP contribution in [0.4, 0.5) is 0 Å². The van der Waals surface area contributed by atoms with Crippen molar-refractivity contribution in [3.8, 4) is 0 Å². The average Bonchev–Trinajstić information content (AvgIpc) is 2.82. The minimum atomic E-state index is -3.57. The molecule has 3 N–H and O–H groups in total. The molecule has 2 heterocycles. The van der Waals surface area contributed by atoms with Crippen LogP contribution in [-0.2, 0) is 23.1 Å². The molecular formula is C12H15N3O2S2. The first kappa shape index (κ1) is 14.1. The highest BCUT2D eigenvalue weighted by molar-refractivity contribution is 7.89. The number of sulfonamides is 1. The summed E-state index contributed by atoms with van der Waals surface area (Å²) in [4.78, 5) is 6.04. The molecule has 2 rings (SSSR count). The van der Waals surface area contributed by atoms with Crippen LogP contribution in [0, 0.1) is 6.92 Å². The van der Waals surface area contributed by atoms with Gasteiger partial charge in [-0.2, -0.15) is 0 Å². The number of hydrogen-bond donors (Lipinski definition) is 2. The number of aromatic nitrogens is 1. The van der Waals surface area contributed by atoms with Crippen LogP contribution in [0.15, 0.2) is 35.5 Å². The zero-order valence-corrected chi connectivity index (χ0v) is 12.1. The van der Waals surface area contributed by atoms with Crippen molar-refractivity contribution in [2.45, 2.75) is 25.0 Å². The summed E-state index contributed by atoms with van der Waals surface area (Å²) in [6, 6.07) is 7.00. The number of nitrogens with one attached hydrogen (secondary N) is 1. The molecule has 19 heavy (non-hydrogen) atoms. The number of aryl methyl sites for hydroxylation is 1. The van der Waals surface area contributed by atoms with E-state index >= 15 is 0 Å². The Hall–Kier alpha value is -1.28. The smallest absolute Gasteiger partial charge is 0.258 e. The Morgan fingerprint density at radius 1 is 1.32 bits per heavy atom. The third-order valence-electron chi connectivity index (χ3n) is 2.54. The number of thiophene rings is 1. The molecule has 0 spiro atoms. The number of hydrogen-bond acceptors (Lipinski definition) is 5. The third-order valence-corrected chi connectivity index (χ3v) is 4.86. The van der Waals surface area contributed by atoms with Crippen molar-refractivity contribution in [1.82, 2.24) is 9.71 Å². The quantitative estimate of drug-likeness (QED) is 0.873. The lowest BCUT2D eigenvalue weighted by Gasteiger charge is -2.05. The molecule has 0 aliphatic rings. The van der Waals surface area contributed by atoms with Crippen LogP contribution < -0.4 is 10.5 Å². The summed E-state index contributed by atoms with van der Waals surface area (Å²) in [6.45, 7) is 2.60. The first-order valence-corrected chi connectivity index (χ1v) is 8.01. The van der Waals surface area contributed by atoms with Crippen molar-refractivity contribution < 1.29 is 8.42 Å². The van der Waals surface area contributed by atoms with Crippen LogP contribution in [-0.4, -0.2) is 13.4 Å². The van der Waals surface area contributed by atoms with Crippen LogP contribution in [0.25, 0.3) is 0 Å². The van der Waals surface area contributed by atoms with E-state index in [0.717, 1.165) is 15.3 Å². The van der Waals surface area contributed by atoms with Crippen LogP contribution >= 0.6 is 11.3 Å².